The number of nitrogens with zero attached hydrogens (tertiary/aromatic N) is 1. The molecule has 1 atom stereocenters. The minimum absolute atomic E-state index is 0.328. The fourth-order valence-electron chi connectivity index (χ4n) is 0.491. The lowest BCUT2D eigenvalue weighted by molar-refractivity contribution is 0.138. The molecule has 0 heterocycles. The van der Waals surface area contributed by atoms with Gasteiger partial charge in [0.1, 0.15) is 6.10 Å². The maximum atomic E-state index is 8.73. The first-order chi connectivity index (χ1) is 5.31. The third-order valence-corrected chi connectivity index (χ3v) is 1.03. The lowest BCUT2D eigenvalue weighted by Crippen LogP contribution is -2.07. The van der Waals surface area contributed by atoms with Gasteiger partial charge in [0.25, 0.3) is 0 Å². The molecular formula is C8H11NO2. The molecule has 0 aliphatic rings. The van der Waals surface area contributed by atoms with Crippen molar-refractivity contribution in [3.05, 3.63) is 0 Å². The van der Waals surface area contributed by atoms with Crippen molar-refractivity contribution in [2.75, 3.05) is 6.61 Å². The Hall–Kier alpha value is -1.03. The zero-order chi connectivity index (χ0) is 8.53. The SMILES string of the molecule is N#CCCCC#C[C@@H](O)CO. The van der Waals surface area contributed by atoms with Gasteiger partial charge < -0.3 is 10.2 Å². The van der Waals surface area contributed by atoms with Gasteiger partial charge in [-0.25, -0.2) is 0 Å². The van der Waals surface area contributed by atoms with Gasteiger partial charge in [0.05, 0.1) is 12.7 Å². The normalized spacial score (nSPS) is 11.0. The predicted octanol–water partition coefficient (Wildman–Crippen LogP) is 0.0369. The van der Waals surface area contributed by atoms with Crippen molar-refractivity contribution in [1.82, 2.24) is 0 Å². The van der Waals surface area contributed by atoms with Crippen molar-refractivity contribution in [2.24, 2.45) is 0 Å². The molecule has 0 bridgehead atoms. The summed E-state index contributed by atoms with van der Waals surface area (Å²) in [7, 11) is 0. The molecule has 0 unspecified atom stereocenters. The number of unbranched alkanes of at least 4 members (excludes halogenated alkanes) is 2. The zero-order valence-electron chi connectivity index (χ0n) is 6.25. The summed E-state index contributed by atoms with van der Waals surface area (Å²) in [6, 6.07) is 1.99. The van der Waals surface area contributed by atoms with E-state index in [1.807, 2.05) is 6.07 Å². The molecule has 11 heavy (non-hydrogen) atoms. The van der Waals surface area contributed by atoms with Gasteiger partial charge in [-0.15, -0.1) is 5.92 Å². The second kappa shape index (κ2) is 7.08. The summed E-state index contributed by atoms with van der Waals surface area (Å²) in [5.41, 5.74) is 0. The molecule has 0 spiro atoms. The van der Waals surface area contributed by atoms with Crippen LogP contribution >= 0.6 is 0 Å². The highest BCUT2D eigenvalue weighted by Crippen LogP contribution is 1.90. The van der Waals surface area contributed by atoms with Crippen molar-refractivity contribution in [3.8, 4) is 17.9 Å². The largest absolute Gasteiger partial charge is 0.393 e. The van der Waals surface area contributed by atoms with E-state index in [-0.39, 0.29) is 6.61 Å². The van der Waals surface area contributed by atoms with Gasteiger partial charge in [0.15, 0.2) is 0 Å². The lowest BCUT2D eigenvalue weighted by Gasteiger charge is -1.92. The number of aliphatic hydroxyl groups excluding tert-OH is 2. The van der Waals surface area contributed by atoms with E-state index < -0.39 is 6.10 Å². The topological polar surface area (TPSA) is 64.2 Å². The van der Waals surface area contributed by atoms with Gasteiger partial charge in [-0.05, 0) is 6.42 Å². The molecular weight excluding hydrogens is 142 g/mol. The first-order valence-corrected chi connectivity index (χ1v) is 3.45. The minimum Gasteiger partial charge on any atom is -0.393 e. The molecule has 0 aliphatic heterocycles. The predicted molar refractivity (Wildman–Crippen MR) is 40.3 cm³/mol. The van der Waals surface area contributed by atoms with E-state index in [2.05, 4.69) is 11.8 Å². The van der Waals surface area contributed by atoms with Crippen molar-refractivity contribution >= 4 is 0 Å². The fraction of sp³-hybridized carbons (Fsp3) is 0.625. The van der Waals surface area contributed by atoms with E-state index in [1.165, 1.54) is 0 Å². The third kappa shape index (κ3) is 6.86. The van der Waals surface area contributed by atoms with Crippen LogP contribution in [0.1, 0.15) is 19.3 Å². The van der Waals surface area contributed by atoms with Gasteiger partial charge in [0, 0.05) is 12.8 Å². The molecule has 0 aromatic heterocycles. The standard InChI is InChI=1S/C8H11NO2/c9-6-4-2-1-3-5-8(11)7-10/h8,10-11H,1-2,4,7H2/t8-/m1/s1. The molecule has 0 saturated heterocycles. The summed E-state index contributed by atoms with van der Waals surface area (Å²) >= 11 is 0. The van der Waals surface area contributed by atoms with E-state index in [0.29, 0.717) is 12.8 Å². The Morgan fingerprint density at radius 1 is 1.36 bits per heavy atom. The number of hydrogen-bond donors (Lipinski definition) is 2. The second-order valence-corrected chi connectivity index (χ2v) is 2.03. The van der Waals surface area contributed by atoms with Crippen LogP contribution in [0.4, 0.5) is 0 Å². The van der Waals surface area contributed by atoms with Crippen LogP contribution in [-0.4, -0.2) is 22.9 Å². The first kappa shape index (κ1) is 9.97. The van der Waals surface area contributed by atoms with Crippen molar-refractivity contribution in [2.45, 2.75) is 25.4 Å². The highest BCUT2D eigenvalue weighted by atomic mass is 16.3. The highest BCUT2D eigenvalue weighted by Gasteiger charge is 1.91. The molecule has 2 N–H and O–H groups in total. The minimum atomic E-state index is -0.933. The average molecular weight is 153 g/mol. The van der Waals surface area contributed by atoms with Crippen LogP contribution in [0.25, 0.3) is 0 Å². The molecule has 0 amide bonds. The van der Waals surface area contributed by atoms with E-state index >= 15 is 0 Å². The summed E-state index contributed by atoms with van der Waals surface area (Å²) in [4.78, 5) is 0. The molecule has 3 nitrogen and oxygen atoms in total. The van der Waals surface area contributed by atoms with Crippen LogP contribution in [-0.2, 0) is 0 Å². The molecule has 0 rings (SSSR count). The Kier molecular flexibility index (Phi) is 6.42. The second-order valence-electron chi connectivity index (χ2n) is 2.03. The van der Waals surface area contributed by atoms with Crippen LogP contribution in [0, 0.1) is 23.2 Å². The van der Waals surface area contributed by atoms with E-state index in [1.54, 1.807) is 0 Å². The molecule has 0 aromatic rings. The van der Waals surface area contributed by atoms with Gasteiger partial charge in [-0.3, -0.25) is 0 Å². The van der Waals surface area contributed by atoms with Gasteiger partial charge in [-0.2, -0.15) is 5.26 Å². The smallest absolute Gasteiger partial charge is 0.137 e. The van der Waals surface area contributed by atoms with Crippen molar-refractivity contribution in [1.29, 1.82) is 5.26 Å². The maximum absolute atomic E-state index is 8.73. The van der Waals surface area contributed by atoms with Crippen LogP contribution in [0.15, 0.2) is 0 Å². The van der Waals surface area contributed by atoms with Gasteiger partial charge >= 0.3 is 0 Å². The molecule has 0 saturated carbocycles. The number of nitriles is 1. The maximum Gasteiger partial charge on any atom is 0.137 e. The van der Waals surface area contributed by atoms with Crippen molar-refractivity contribution in [3.63, 3.8) is 0 Å². The quantitative estimate of drug-likeness (QED) is 0.444. The average Bonchev–Trinajstić information content (AvgIpc) is 2.04. The Labute approximate surface area is 66.3 Å². The zero-order valence-corrected chi connectivity index (χ0v) is 6.25. The molecule has 0 aliphatic carbocycles. The summed E-state index contributed by atoms with van der Waals surface area (Å²) in [6.07, 6.45) is 0.882. The molecule has 0 fully saturated rings. The number of rotatable bonds is 3. The molecule has 0 aromatic carbocycles. The van der Waals surface area contributed by atoms with Gasteiger partial charge in [0.2, 0.25) is 0 Å². The van der Waals surface area contributed by atoms with Crippen molar-refractivity contribution < 1.29 is 10.2 Å². The number of hydrogen-bond acceptors (Lipinski definition) is 3. The summed E-state index contributed by atoms with van der Waals surface area (Å²) in [5.74, 6) is 5.10. The Bertz CT molecular complexity index is 184. The monoisotopic (exact) mass is 153 g/mol. The number of aliphatic hydroxyl groups is 2. The lowest BCUT2D eigenvalue weighted by atomic mass is 10.2. The van der Waals surface area contributed by atoms with E-state index in [9.17, 15) is 0 Å². The summed E-state index contributed by atoms with van der Waals surface area (Å²) < 4.78 is 0. The Morgan fingerprint density at radius 3 is 2.64 bits per heavy atom. The highest BCUT2D eigenvalue weighted by molar-refractivity contribution is 5.04. The summed E-state index contributed by atoms with van der Waals surface area (Å²) in [5, 5.41) is 25.2. The third-order valence-electron chi connectivity index (χ3n) is 1.03. The summed E-state index contributed by atoms with van der Waals surface area (Å²) in [6.45, 7) is -0.328. The van der Waals surface area contributed by atoms with Crippen LogP contribution in [0.2, 0.25) is 0 Å². The van der Waals surface area contributed by atoms with E-state index in [0.717, 1.165) is 6.42 Å². The van der Waals surface area contributed by atoms with E-state index in [4.69, 9.17) is 15.5 Å². The van der Waals surface area contributed by atoms with Crippen LogP contribution in [0.3, 0.4) is 0 Å². The molecule has 60 valence electrons. The Balaban J connectivity index is 3.34. The Morgan fingerprint density at radius 2 is 2.09 bits per heavy atom. The fourth-order valence-corrected chi connectivity index (χ4v) is 0.491. The molecule has 3 heteroatoms. The van der Waals surface area contributed by atoms with Crippen LogP contribution in [0.5, 0.6) is 0 Å². The first-order valence-electron chi connectivity index (χ1n) is 3.45. The molecule has 0 radical (unpaired) electrons. The van der Waals surface area contributed by atoms with Crippen LogP contribution < -0.4 is 0 Å². The van der Waals surface area contributed by atoms with Gasteiger partial charge in [-0.1, -0.05) is 5.92 Å².